The third-order valence-corrected chi connectivity index (χ3v) is 9.27. The van der Waals surface area contributed by atoms with Crippen molar-refractivity contribution < 1.29 is 13.2 Å². The van der Waals surface area contributed by atoms with E-state index in [1.807, 2.05) is 32.0 Å². The van der Waals surface area contributed by atoms with Gasteiger partial charge in [0.25, 0.3) is 0 Å². The molecule has 9 nitrogen and oxygen atoms in total. The molecule has 35 heavy (non-hydrogen) atoms. The van der Waals surface area contributed by atoms with E-state index in [9.17, 15) is 13.2 Å². The number of likely N-dealkylation sites (tertiary alicyclic amines) is 1. The maximum absolute atomic E-state index is 13.0. The van der Waals surface area contributed by atoms with Gasteiger partial charge in [-0.25, -0.2) is 13.4 Å². The second-order valence-electron chi connectivity index (χ2n) is 10.2. The predicted octanol–water partition coefficient (Wildman–Crippen LogP) is 3.24. The number of carbonyl (C=O) groups is 1. The number of pyridine rings is 1. The maximum Gasteiger partial charge on any atom is 0.249 e. The Labute approximate surface area is 207 Å². The molecule has 1 aromatic heterocycles. The molecule has 0 spiro atoms. The number of piperidine rings is 1. The fourth-order valence-electron chi connectivity index (χ4n) is 5.29. The highest BCUT2D eigenvalue weighted by molar-refractivity contribution is 7.89. The Hall–Kier alpha value is -2.69. The Kier molecular flexibility index (Phi) is 6.23. The van der Waals surface area contributed by atoms with Crippen LogP contribution in [0.3, 0.4) is 0 Å². The topological polar surface area (TPSA) is 97.9 Å². The molecule has 3 aliphatic heterocycles. The zero-order chi connectivity index (χ0) is 24.8. The van der Waals surface area contributed by atoms with Crippen LogP contribution < -0.4 is 15.5 Å². The van der Waals surface area contributed by atoms with Gasteiger partial charge >= 0.3 is 0 Å². The van der Waals surface area contributed by atoms with Crippen LogP contribution in [0.2, 0.25) is 0 Å². The van der Waals surface area contributed by atoms with E-state index in [0.29, 0.717) is 30.3 Å². The second-order valence-corrected chi connectivity index (χ2v) is 12.2. The van der Waals surface area contributed by atoms with E-state index in [1.165, 1.54) is 0 Å². The van der Waals surface area contributed by atoms with Gasteiger partial charge in [-0.3, -0.25) is 4.79 Å². The van der Waals surface area contributed by atoms with Crippen molar-refractivity contribution in [1.82, 2.24) is 14.2 Å². The van der Waals surface area contributed by atoms with Crippen LogP contribution in [0, 0.1) is 0 Å². The number of hydrogen-bond donors (Lipinski definition) is 2. The van der Waals surface area contributed by atoms with E-state index in [0.717, 1.165) is 44.6 Å². The van der Waals surface area contributed by atoms with Gasteiger partial charge < -0.3 is 20.4 Å². The first-order valence-corrected chi connectivity index (χ1v) is 13.8. The first-order valence-electron chi connectivity index (χ1n) is 12.3. The molecule has 5 rings (SSSR count). The summed E-state index contributed by atoms with van der Waals surface area (Å²) in [5, 5.41) is 6.30. The van der Waals surface area contributed by atoms with Gasteiger partial charge in [0.2, 0.25) is 15.9 Å². The summed E-state index contributed by atoms with van der Waals surface area (Å²) in [6.07, 6.45) is 3.72. The molecule has 1 amide bonds. The summed E-state index contributed by atoms with van der Waals surface area (Å²) < 4.78 is 27.6. The second kappa shape index (κ2) is 9.07. The van der Waals surface area contributed by atoms with Crippen LogP contribution in [-0.2, 0) is 14.8 Å². The zero-order valence-electron chi connectivity index (χ0n) is 20.6. The number of benzene rings is 1. The minimum atomic E-state index is -3.50. The predicted molar refractivity (Wildman–Crippen MR) is 138 cm³/mol. The Morgan fingerprint density at radius 3 is 2.49 bits per heavy atom. The summed E-state index contributed by atoms with van der Waals surface area (Å²) >= 11 is 0. The van der Waals surface area contributed by atoms with E-state index in [1.54, 1.807) is 22.5 Å². The SMILES string of the molecule is CN1CCC(N2c3nc(Nc4cccc(S(=O)(=O)N5CCCC5)c4)ccc3NC(=O)C2(C)C)CC1. The van der Waals surface area contributed by atoms with Crippen LogP contribution in [-0.4, -0.2) is 73.3 Å². The van der Waals surface area contributed by atoms with Gasteiger partial charge in [0.1, 0.15) is 11.4 Å². The third kappa shape index (κ3) is 4.50. The number of sulfonamides is 1. The van der Waals surface area contributed by atoms with Crippen molar-refractivity contribution in [3.8, 4) is 0 Å². The van der Waals surface area contributed by atoms with Crippen LogP contribution >= 0.6 is 0 Å². The number of nitrogens with one attached hydrogen (secondary N) is 2. The summed E-state index contributed by atoms with van der Waals surface area (Å²) in [4.78, 5) is 22.6. The van der Waals surface area contributed by atoms with E-state index in [2.05, 4.69) is 27.5 Å². The van der Waals surface area contributed by atoms with Gasteiger partial charge in [-0.15, -0.1) is 0 Å². The van der Waals surface area contributed by atoms with Gasteiger partial charge in [0.15, 0.2) is 5.82 Å². The van der Waals surface area contributed by atoms with Crippen molar-refractivity contribution in [2.24, 2.45) is 0 Å². The quantitative estimate of drug-likeness (QED) is 0.653. The van der Waals surface area contributed by atoms with Gasteiger partial charge in [-0.05, 0) is 90.0 Å². The van der Waals surface area contributed by atoms with Crippen LogP contribution in [0.4, 0.5) is 23.0 Å². The van der Waals surface area contributed by atoms with Gasteiger partial charge in [-0.2, -0.15) is 4.31 Å². The summed E-state index contributed by atoms with van der Waals surface area (Å²) in [6, 6.07) is 10.8. The van der Waals surface area contributed by atoms with Gasteiger partial charge in [0, 0.05) is 24.8 Å². The fraction of sp³-hybridized carbons (Fsp3) is 0.520. The Morgan fingerprint density at radius 1 is 1.06 bits per heavy atom. The molecular formula is C25H34N6O3S. The average molecular weight is 499 g/mol. The number of rotatable bonds is 5. The molecule has 10 heteroatoms. The minimum Gasteiger partial charge on any atom is -0.340 e. The Balaban J connectivity index is 1.44. The lowest BCUT2D eigenvalue weighted by Crippen LogP contribution is -2.61. The van der Waals surface area contributed by atoms with Crippen molar-refractivity contribution in [2.45, 2.75) is 56.0 Å². The highest BCUT2D eigenvalue weighted by Gasteiger charge is 2.45. The molecule has 4 heterocycles. The number of carbonyl (C=O) groups excluding carboxylic acids is 1. The van der Waals surface area contributed by atoms with Crippen molar-refractivity contribution >= 4 is 38.9 Å². The standard InChI is InChI=1S/C25H34N6O3S/c1-25(2)24(32)27-21-9-10-22(28-23(21)31(25)19-11-15-29(3)16-12-19)26-18-7-6-8-20(17-18)35(33,34)30-13-4-5-14-30/h6-10,17,19H,4-5,11-16H2,1-3H3,(H,26,28)(H,27,32). The number of amides is 1. The fourth-order valence-corrected chi connectivity index (χ4v) is 6.85. The zero-order valence-corrected chi connectivity index (χ0v) is 21.4. The molecule has 0 unspecified atom stereocenters. The van der Waals surface area contributed by atoms with Crippen molar-refractivity contribution in [1.29, 1.82) is 0 Å². The van der Waals surface area contributed by atoms with E-state index in [4.69, 9.17) is 4.98 Å². The first kappa shape index (κ1) is 24.0. The van der Waals surface area contributed by atoms with Crippen LogP contribution in [0.25, 0.3) is 0 Å². The normalized spacial score (nSPS) is 21.6. The summed E-state index contributed by atoms with van der Waals surface area (Å²) in [5.74, 6) is 1.31. The van der Waals surface area contributed by atoms with Crippen molar-refractivity contribution in [2.75, 3.05) is 48.8 Å². The maximum atomic E-state index is 13.0. The summed E-state index contributed by atoms with van der Waals surface area (Å²) in [6.45, 7) is 6.98. The van der Waals surface area contributed by atoms with E-state index >= 15 is 0 Å². The molecule has 0 aliphatic carbocycles. The monoisotopic (exact) mass is 498 g/mol. The molecule has 2 saturated heterocycles. The lowest BCUT2D eigenvalue weighted by molar-refractivity contribution is -0.120. The van der Waals surface area contributed by atoms with Crippen molar-refractivity contribution in [3.63, 3.8) is 0 Å². The summed E-state index contributed by atoms with van der Waals surface area (Å²) in [5.41, 5.74) is 0.620. The number of fused-ring (bicyclic) bond motifs is 1. The highest BCUT2D eigenvalue weighted by Crippen LogP contribution is 2.40. The smallest absolute Gasteiger partial charge is 0.249 e. The lowest BCUT2D eigenvalue weighted by atomic mass is 9.92. The molecule has 188 valence electrons. The molecule has 0 saturated carbocycles. The number of anilines is 4. The average Bonchev–Trinajstić information content (AvgIpc) is 3.37. The third-order valence-electron chi connectivity index (χ3n) is 7.37. The highest BCUT2D eigenvalue weighted by atomic mass is 32.2. The van der Waals surface area contributed by atoms with Gasteiger partial charge in [-0.1, -0.05) is 6.07 Å². The van der Waals surface area contributed by atoms with E-state index < -0.39 is 15.6 Å². The molecule has 0 radical (unpaired) electrons. The molecule has 1 aromatic carbocycles. The van der Waals surface area contributed by atoms with Gasteiger partial charge in [0.05, 0.1) is 10.6 Å². The Bertz CT molecular complexity index is 1220. The lowest BCUT2D eigenvalue weighted by Gasteiger charge is -2.49. The first-order chi connectivity index (χ1) is 16.7. The minimum absolute atomic E-state index is 0.0359. The van der Waals surface area contributed by atoms with Crippen LogP contribution in [0.1, 0.15) is 39.5 Å². The molecular weight excluding hydrogens is 464 g/mol. The molecule has 0 bridgehead atoms. The largest absolute Gasteiger partial charge is 0.340 e. The van der Waals surface area contributed by atoms with E-state index in [-0.39, 0.29) is 16.8 Å². The Morgan fingerprint density at radius 2 is 1.77 bits per heavy atom. The molecule has 2 fully saturated rings. The number of aromatic nitrogens is 1. The summed E-state index contributed by atoms with van der Waals surface area (Å²) in [7, 11) is -1.38. The van der Waals surface area contributed by atoms with Crippen LogP contribution in [0.15, 0.2) is 41.3 Å². The van der Waals surface area contributed by atoms with Crippen molar-refractivity contribution in [3.05, 3.63) is 36.4 Å². The number of nitrogens with zero attached hydrogens (tertiary/aromatic N) is 4. The molecule has 2 N–H and O–H groups in total. The molecule has 0 atom stereocenters. The molecule has 2 aromatic rings. The van der Waals surface area contributed by atoms with Crippen LogP contribution in [0.5, 0.6) is 0 Å². The number of hydrogen-bond acceptors (Lipinski definition) is 7. The molecule has 3 aliphatic rings.